The number of thiophene rings is 1. The van der Waals surface area contributed by atoms with E-state index in [1.54, 1.807) is 0 Å². The Balaban J connectivity index is 1.37. The quantitative estimate of drug-likeness (QED) is 0.177. The van der Waals surface area contributed by atoms with E-state index in [4.69, 9.17) is 0 Å². The summed E-state index contributed by atoms with van der Waals surface area (Å²) in [5, 5.41) is 11.3. The third-order valence-electron chi connectivity index (χ3n) is 9.97. The summed E-state index contributed by atoms with van der Waals surface area (Å²) in [6.45, 7) is 0.0536. The average molecular weight is 575 g/mol. The van der Waals surface area contributed by atoms with E-state index in [2.05, 4.69) is 148 Å². The van der Waals surface area contributed by atoms with Crippen LogP contribution in [0.25, 0.3) is 64.6 Å². The minimum atomic E-state index is 0.0536. The van der Waals surface area contributed by atoms with Crippen LogP contribution >= 0.6 is 11.3 Å². The van der Waals surface area contributed by atoms with Crippen molar-refractivity contribution in [2.75, 3.05) is 4.90 Å². The van der Waals surface area contributed by atoms with Crippen LogP contribution in [0.2, 0.25) is 0 Å². The van der Waals surface area contributed by atoms with Crippen LogP contribution < -0.4 is 15.8 Å². The van der Waals surface area contributed by atoms with Crippen LogP contribution in [0.4, 0.5) is 17.1 Å². The molecule has 0 bridgehead atoms. The number of hydrogen-bond acceptors (Lipinski definition) is 2. The van der Waals surface area contributed by atoms with Crippen LogP contribution in [0.15, 0.2) is 139 Å². The van der Waals surface area contributed by atoms with Gasteiger partial charge in [0.25, 0.3) is 0 Å². The highest BCUT2D eigenvalue weighted by molar-refractivity contribution is 7.17. The van der Waals surface area contributed by atoms with Gasteiger partial charge in [-0.1, -0.05) is 97.1 Å². The lowest BCUT2D eigenvalue weighted by atomic mass is 9.44. The summed E-state index contributed by atoms with van der Waals surface area (Å²) in [5.41, 5.74) is 11.8. The molecule has 9 aromatic rings. The highest BCUT2D eigenvalue weighted by Crippen LogP contribution is 2.49. The zero-order chi connectivity index (χ0) is 28.5. The Morgan fingerprint density at radius 3 is 2.18 bits per heavy atom. The molecule has 0 spiro atoms. The molecule has 0 amide bonds. The number of rotatable bonds is 1. The number of nitrogens with zero attached hydrogens (tertiary/aromatic N) is 2. The van der Waals surface area contributed by atoms with Crippen molar-refractivity contribution < 1.29 is 0 Å². The van der Waals surface area contributed by atoms with E-state index in [-0.39, 0.29) is 6.85 Å². The minimum Gasteiger partial charge on any atom is -0.375 e. The summed E-state index contributed by atoms with van der Waals surface area (Å²) in [7, 11) is 0. The molecule has 11 rings (SSSR count). The van der Waals surface area contributed by atoms with Crippen molar-refractivity contribution in [1.29, 1.82) is 0 Å². The Morgan fingerprint density at radius 1 is 0.545 bits per heavy atom. The fourth-order valence-electron chi connectivity index (χ4n) is 8.17. The molecule has 2 aromatic heterocycles. The fourth-order valence-corrected chi connectivity index (χ4v) is 9.00. The van der Waals surface area contributed by atoms with Gasteiger partial charge < -0.3 is 9.38 Å². The summed E-state index contributed by atoms with van der Waals surface area (Å²) >= 11 is 1.84. The third-order valence-corrected chi connectivity index (χ3v) is 10.8. The van der Waals surface area contributed by atoms with Crippen molar-refractivity contribution in [3.05, 3.63) is 139 Å². The minimum absolute atomic E-state index is 0.0536. The van der Waals surface area contributed by atoms with E-state index in [1.165, 1.54) is 92.6 Å². The van der Waals surface area contributed by atoms with E-state index >= 15 is 0 Å². The van der Waals surface area contributed by atoms with Gasteiger partial charge >= 0.3 is 6.85 Å². The molecule has 4 heterocycles. The van der Waals surface area contributed by atoms with Crippen molar-refractivity contribution in [2.24, 2.45) is 0 Å². The van der Waals surface area contributed by atoms with E-state index in [0.717, 1.165) is 0 Å². The topological polar surface area (TPSA) is 8.17 Å². The predicted octanol–water partition coefficient (Wildman–Crippen LogP) is 9.73. The van der Waals surface area contributed by atoms with Gasteiger partial charge in [-0.2, -0.15) is 0 Å². The van der Waals surface area contributed by atoms with Crippen LogP contribution in [0.3, 0.4) is 0 Å². The molecule has 0 unspecified atom stereocenters. The van der Waals surface area contributed by atoms with Gasteiger partial charge in [-0.15, -0.1) is 11.3 Å². The molecule has 0 fully saturated rings. The first-order valence-electron chi connectivity index (χ1n) is 15.2. The fraction of sp³-hybridized carbons (Fsp3) is 0. The van der Waals surface area contributed by atoms with Crippen LogP contribution in [-0.4, -0.2) is 11.3 Å². The van der Waals surface area contributed by atoms with Crippen LogP contribution in [-0.2, 0) is 0 Å². The van der Waals surface area contributed by atoms with Gasteiger partial charge in [0.15, 0.2) is 0 Å². The van der Waals surface area contributed by atoms with Crippen LogP contribution in [0.1, 0.15) is 0 Å². The van der Waals surface area contributed by atoms with Crippen molar-refractivity contribution in [3.8, 4) is 11.1 Å². The van der Waals surface area contributed by atoms with Gasteiger partial charge in [0.1, 0.15) is 0 Å². The maximum Gasteiger partial charge on any atom is 0.333 e. The van der Waals surface area contributed by atoms with Crippen LogP contribution in [0, 0.1) is 0 Å². The number of para-hydroxylation sites is 2. The van der Waals surface area contributed by atoms with Crippen molar-refractivity contribution in [3.63, 3.8) is 0 Å². The van der Waals surface area contributed by atoms with Gasteiger partial charge in [0.2, 0.25) is 0 Å². The van der Waals surface area contributed by atoms with Gasteiger partial charge in [-0.05, 0) is 79.8 Å². The molecule has 7 aromatic carbocycles. The molecular weight excluding hydrogens is 551 g/mol. The first-order valence-corrected chi connectivity index (χ1v) is 16.1. The molecule has 44 heavy (non-hydrogen) atoms. The lowest BCUT2D eigenvalue weighted by Crippen LogP contribution is -2.56. The summed E-state index contributed by atoms with van der Waals surface area (Å²) in [4.78, 5) is 2.56. The van der Waals surface area contributed by atoms with Crippen molar-refractivity contribution in [1.82, 2.24) is 4.48 Å². The predicted molar refractivity (Wildman–Crippen MR) is 190 cm³/mol. The maximum absolute atomic E-state index is 2.65. The molecule has 4 heteroatoms. The lowest BCUT2D eigenvalue weighted by Gasteiger charge is -2.41. The molecule has 2 nitrogen and oxygen atoms in total. The highest BCUT2D eigenvalue weighted by Gasteiger charge is 2.43. The zero-order valence-corrected chi connectivity index (χ0v) is 24.5. The number of hydrogen-bond donors (Lipinski definition) is 0. The summed E-state index contributed by atoms with van der Waals surface area (Å²) in [6.07, 6.45) is 0. The Bertz CT molecular complexity index is 2700. The second kappa shape index (κ2) is 8.19. The molecule has 0 aliphatic carbocycles. The molecule has 2 aliphatic heterocycles. The SMILES string of the molecule is c1ccc2cc(N3c4cc5ccccc5cc4B4c5c(cc6sccc6c53)-c3cccc5c6ccccc6n4c35)ccc2c1. The Labute approximate surface area is 258 Å². The van der Waals surface area contributed by atoms with E-state index < -0.39 is 0 Å². The molecule has 0 saturated carbocycles. The van der Waals surface area contributed by atoms with Gasteiger partial charge in [-0.25, -0.2) is 0 Å². The van der Waals surface area contributed by atoms with E-state index in [1.807, 2.05) is 11.3 Å². The average Bonchev–Trinajstić information content (AvgIpc) is 3.69. The lowest BCUT2D eigenvalue weighted by molar-refractivity contribution is 1.27. The molecule has 202 valence electrons. The number of benzene rings is 7. The van der Waals surface area contributed by atoms with Gasteiger partial charge in [0.05, 0.1) is 5.69 Å². The van der Waals surface area contributed by atoms with E-state index in [9.17, 15) is 0 Å². The maximum atomic E-state index is 2.65. The van der Waals surface area contributed by atoms with Crippen molar-refractivity contribution in [2.45, 2.75) is 0 Å². The first-order chi connectivity index (χ1) is 21.8. The zero-order valence-electron chi connectivity index (χ0n) is 23.7. The molecule has 0 N–H and O–H groups in total. The monoisotopic (exact) mass is 574 g/mol. The second-order valence-electron chi connectivity index (χ2n) is 12.1. The Hall–Kier alpha value is -5.32. The van der Waals surface area contributed by atoms with E-state index in [0.29, 0.717) is 0 Å². The Morgan fingerprint density at radius 2 is 1.30 bits per heavy atom. The van der Waals surface area contributed by atoms with Gasteiger partial charge in [0, 0.05) is 48.8 Å². The molecule has 0 atom stereocenters. The first kappa shape index (κ1) is 23.2. The number of fused-ring (bicyclic) bond motifs is 11. The van der Waals surface area contributed by atoms with Crippen molar-refractivity contribution >= 4 is 99.6 Å². The Kier molecular flexibility index (Phi) is 4.32. The summed E-state index contributed by atoms with van der Waals surface area (Å²) < 4.78 is 3.98. The van der Waals surface area contributed by atoms with Crippen LogP contribution in [0.5, 0.6) is 0 Å². The third kappa shape index (κ3) is 2.82. The highest BCUT2D eigenvalue weighted by atomic mass is 32.1. The molecule has 0 radical (unpaired) electrons. The standard InChI is InChI=1S/C40H23BN2S/c1-2-9-25-20-28(17-16-24(25)8-1)42-36-22-27-11-4-3-10-26(27)21-34(36)41-38-33(23-37-32(40(38)42)18-19-44-37)31-14-7-13-30-29-12-5-6-15-35(29)43(41)39(30)31/h1-23H. The van der Waals surface area contributed by atoms with Gasteiger partial charge in [-0.3, -0.25) is 0 Å². The molecule has 0 saturated heterocycles. The largest absolute Gasteiger partial charge is 0.375 e. The second-order valence-corrected chi connectivity index (χ2v) is 13.1. The molecular formula is C40H23BN2S. The molecule has 2 aliphatic rings. The summed E-state index contributed by atoms with van der Waals surface area (Å²) in [5.74, 6) is 0. The number of aromatic nitrogens is 1. The number of anilines is 3. The smallest absolute Gasteiger partial charge is 0.333 e. The summed E-state index contributed by atoms with van der Waals surface area (Å²) in [6, 6.07) is 50.0. The normalized spacial score (nSPS) is 13.4.